The van der Waals surface area contributed by atoms with Crippen LogP contribution in [0.15, 0.2) is 53.5 Å². The molecule has 0 saturated carbocycles. The molecule has 1 aliphatic rings. The summed E-state index contributed by atoms with van der Waals surface area (Å²) in [4.78, 5) is 4.24. The largest absolute Gasteiger partial charge is 0.488 e. The van der Waals surface area contributed by atoms with Crippen LogP contribution in [-0.4, -0.2) is 25.7 Å². The molecular formula is C18H20ClN3O. The minimum absolute atomic E-state index is 0.136. The molecule has 0 fully saturated rings. The number of guanidine groups is 1. The molecule has 4 nitrogen and oxygen atoms in total. The molecule has 5 heteroatoms. The van der Waals surface area contributed by atoms with Gasteiger partial charge < -0.3 is 15.4 Å². The van der Waals surface area contributed by atoms with Crippen LogP contribution in [0.25, 0.3) is 0 Å². The van der Waals surface area contributed by atoms with E-state index < -0.39 is 0 Å². The first-order valence-electron chi connectivity index (χ1n) is 7.68. The smallest absolute Gasteiger partial charge is 0.191 e. The number of benzene rings is 2. The summed E-state index contributed by atoms with van der Waals surface area (Å²) in [6, 6.07) is 16.0. The van der Waals surface area contributed by atoms with E-state index in [0.717, 1.165) is 28.7 Å². The zero-order chi connectivity index (χ0) is 16.1. The Morgan fingerprint density at radius 3 is 2.87 bits per heavy atom. The monoisotopic (exact) mass is 329 g/mol. The highest BCUT2D eigenvalue weighted by Crippen LogP contribution is 2.27. The van der Waals surface area contributed by atoms with Gasteiger partial charge in [0, 0.05) is 25.0 Å². The van der Waals surface area contributed by atoms with E-state index in [-0.39, 0.29) is 6.10 Å². The third-order valence-corrected chi connectivity index (χ3v) is 4.02. The highest BCUT2D eigenvalue weighted by Gasteiger charge is 2.22. The number of hydrogen-bond acceptors (Lipinski definition) is 2. The van der Waals surface area contributed by atoms with Crippen LogP contribution < -0.4 is 15.4 Å². The number of fused-ring (bicyclic) bond motifs is 1. The maximum atomic E-state index is 6.00. The number of halogens is 1. The van der Waals surface area contributed by atoms with Crippen molar-refractivity contribution in [2.45, 2.75) is 19.1 Å². The molecule has 3 rings (SSSR count). The first-order chi connectivity index (χ1) is 11.2. The van der Waals surface area contributed by atoms with Gasteiger partial charge in [0.05, 0.1) is 6.54 Å². The summed E-state index contributed by atoms with van der Waals surface area (Å²) in [5.41, 5.74) is 2.38. The zero-order valence-electron chi connectivity index (χ0n) is 13.1. The number of ether oxygens (including phenoxy) is 1. The van der Waals surface area contributed by atoms with Crippen molar-refractivity contribution in [3.8, 4) is 5.75 Å². The predicted molar refractivity (Wildman–Crippen MR) is 94.2 cm³/mol. The lowest BCUT2D eigenvalue weighted by Gasteiger charge is -2.15. The van der Waals surface area contributed by atoms with Gasteiger partial charge in [-0.25, -0.2) is 0 Å². The van der Waals surface area contributed by atoms with Gasteiger partial charge >= 0.3 is 0 Å². The Labute approximate surface area is 141 Å². The van der Waals surface area contributed by atoms with E-state index in [0.29, 0.717) is 13.1 Å². The Kier molecular flexibility index (Phi) is 5.03. The SMILES string of the molecule is CN=C(NCc1cccc(Cl)c1)NCC1Cc2ccccc2O1. The number of rotatable bonds is 4. The molecule has 1 heterocycles. The van der Waals surface area contributed by atoms with Crippen LogP contribution in [0.4, 0.5) is 0 Å². The Hall–Kier alpha value is -2.20. The summed E-state index contributed by atoms with van der Waals surface area (Å²) < 4.78 is 5.92. The number of nitrogens with zero attached hydrogens (tertiary/aromatic N) is 1. The molecule has 1 aliphatic heterocycles. The second-order valence-corrected chi connectivity index (χ2v) is 5.92. The van der Waals surface area contributed by atoms with E-state index in [1.165, 1.54) is 5.56 Å². The quantitative estimate of drug-likeness (QED) is 0.669. The minimum Gasteiger partial charge on any atom is -0.488 e. The Morgan fingerprint density at radius 2 is 2.09 bits per heavy atom. The zero-order valence-corrected chi connectivity index (χ0v) is 13.8. The number of aliphatic imine (C=N–C) groups is 1. The number of nitrogens with one attached hydrogen (secondary N) is 2. The number of hydrogen-bond donors (Lipinski definition) is 2. The Balaban J connectivity index is 1.47. The molecule has 0 bridgehead atoms. The van der Waals surface area contributed by atoms with E-state index in [1.54, 1.807) is 7.05 Å². The predicted octanol–water partition coefficient (Wildman–Crippen LogP) is 3.01. The van der Waals surface area contributed by atoms with Crippen molar-refractivity contribution in [2.75, 3.05) is 13.6 Å². The second-order valence-electron chi connectivity index (χ2n) is 5.49. The Morgan fingerprint density at radius 1 is 1.22 bits per heavy atom. The molecule has 120 valence electrons. The van der Waals surface area contributed by atoms with Crippen molar-refractivity contribution in [1.82, 2.24) is 10.6 Å². The molecule has 0 aliphatic carbocycles. The van der Waals surface area contributed by atoms with E-state index in [4.69, 9.17) is 16.3 Å². The molecule has 23 heavy (non-hydrogen) atoms. The van der Waals surface area contributed by atoms with Gasteiger partial charge in [-0.15, -0.1) is 0 Å². The standard InChI is InChI=1S/C18H20ClN3O/c1-20-18(21-11-13-5-4-7-15(19)9-13)22-12-16-10-14-6-2-3-8-17(14)23-16/h2-9,16H,10-12H2,1H3,(H2,20,21,22). The molecular weight excluding hydrogens is 310 g/mol. The van der Waals surface area contributed by atoms with Crippen molar-refractivity contribution >= 4 is 17.6 Å². The van der Waals surface area contributed by atoms with Gasteiger partial charge in [0.1, 0.15) is 11.9 Å². The van der Waals surface area contributed by atoms with Crippen LogP contribution in [0.2, 0.25) is 5.02 Å². The fraction of sp³-hybridized carbons (Fsp3) is 0.278. The fourth-order valence-electron chi connectivity index (χ4n) is 2.63. The van der Waals surface area contributed by atoms with Crippen molar-refractivity contribution < 1.29 is 4.74 Å². The van der Waals surface area contributed by atoms with Gasteiger partial charge in [0.2, 0.25) is 0 Å². The first kappa shape index (κ1) is 15.7. The molecule has 0 saturated heterocycles. The normalized spacial score (nSPS) is 16.6. The molecule has 0 spiro atoms. The van der Waals surface area contributed by atoms with Crippen LogP contribution in [0.3, 0.4) is 0 Å². The maximum absolute atomic E-state index is 6.00. The lowest BCUT2D eigenvalue weighted by atomic mass is 10.1. The summed E-state index contributed by atoms with van der Waals surface area (Å²) in [5, 5.41) is 7.33. The summed E-state index contributed by atoms with van der Waals surface area (Å²) >= 11 is 6.00. The molecule has 1 unspecified atom stereocenters. The summed E-state index contributed by atoms with van der Waals surface area (Å²) in [7, 11) is 1.76. The highest BCUT2D eigenvalue weighted by molar-refractivity contribution is 6.30. The van der Waals surface area contributed by atoms with E-state index >= 15 is 0 Å². The van der Waals surface area contributed by atoms with Gasteiger partial charge in [-0.2, -0.15) is 0 Å². The van der Waals surface area contributed by atoms with Gasteiger partial charge in [-0.05, 0) is 29.3 Å². The lowest BCUT2D eigenvalue weighted by Crippen LogP contribution is -2.41. The van der Waals surface area contributed by atoms with Crippen molar-refractivity contribution in [2.24, 2.45) is 4.99 Å². The van der Waals surface area contributed by atoms with Crippen LogP contribution >= 0.6 is 11.6 Å². The van der Waals surface area contributed by atoms with E-state index in [9.17, 15) is 0 Å². The fourth-order valence-corrected chi connectivity index (χ4v) is 2.84. The van der Waals surface area contributed by atoms with Crippen molar-refractivity contribution in [3.05, 3.63) is 64.7 Å². The summed E-state index contributed by atoms with van der Waals surface area (Å²) in [5.74, 6) is 1.74. The molecule has 2 aromatic rings. The minimum atomic E-state index is 0.136. The van der Waals surface area contributed by atoms with Crippen LogP contribution in [0, 0.1) is 0 Å². The highest BCUT2D eigenvalue weighted by atomic mass is 35.5. The summed E-state index contributed by atoms with van der Waals surface area (Å²) in [6.07, 6.45) is 1.06. The van der Waals surface area contributed by atoms with Gasteiger partial charge in [-0.1, -0.05) is 41.9 Å². The molecule has 0 amide bonds. The van der Waals surface area contributed by atoms with E-state index in [1.807, 2.05) is 42.5 Å². The average Bonchev–Trinajstić information content (AvgIpc) is 2.98. The second kappa shape index (κ2) is 7.38. The molecule has 2 aromatic carbocycles. The number of para-hydroxylation sites is 1. The van der Waals surface area contributed by atoms with Crippen LogP contribution in [-0.2, 0) is 13.0 Å². The lowest BCUT2D eigenvalue weighted by molar-refractivity contribution is 0.235. The summed E-state index contributed by atoms with van der Waals surface area (Å²) in [6.45, 7) is 1.38. The van der Waals surface area contributed by atoms with Gasteiger partial charge in [-0.3, -0.25) is 4.99 Å². The van der Waals surface area contributed by atoms with Crippen LogP contribution in [0.1, 0.15) is 11.1 Å². The van der Waals surface area contributed by atoms with Crippen LogP contribution in [0.5, 0.6) is 5.75 Å². The van der Waals surface area contributed by atoms with E-state index in [2.05, 4.69) is 21.7 Å². The molecule has 0 radical (unpaired) electrons. The van der Waals surface area contributed by atoms with Crippen molar-refractivity contribution in [3.63, 3.8) is 0 Å². The third-order valence-electron chi connectivity index (χ3n) is 3.78. The molecule has 1 atom stereocenters. The van der Waals surface area contributed by atoms with Crippen molar-refractivity contribution in [1.29, 1.82) is 0 Å². The average molecular weight is 330 g/mol. The third kappa shape index (κ3) is 4.17. The van der Waals surface area contributed by atoms with Gasteiger partial charge in [0.25, 0.3) is 0 Å². The van der Waals surface area contributed by atoms with Gasteiger partial charge in [0.15, 0.2) is 5.96 Å². The maximum Gasteiger partial charge on any atom is 0.191 e. The molecule has 2 N–H and O–H groups in total. The molecule has 0 aromatic heterocycles. The first-order valence-corrected chi connectivity index (χ1v) is 8.06. The Bertz CT molecular complexity index is 677. The topological polar surface area (TPSA) is 45.7 Å².